The highest BCUT2D eigenvalue weighted by Gasteiger charge is 2.13. The third-order valence-electron chi connectivity index (χ3n) is 3.06. The molecule has 0 saturated carbocycles. The van der Waals surface area contributed by atoms with E-state index in [-0.39, 0.29) is 11.6 Å². The Kier molecular flexibility index (Phi) is 4.18. The van der Waals surface area contributed by atoms with Crippen LogP contribution in [-0.4, -0.2) is 29.1 Å². The molecule has 6 heteroatoms. The molecule has 21 heavy (non-hydrogen) atoms. The van der Waals surface area contributed by atoms with Crippen LogP contribution in [0, 0.1) is 6.92 Å². The second-order valence-corrected chi connectivity index (χ2v) is 4.54. The molecule has 0 bridgehead atoms. The summed E-state index contributed by atoms with van der Waals surface area (Å²) in [5, 5.41) is 11.7. The molecule has 2 amide bonds. The van der Waals surface area contributed by atoms with Gasteiger partial charge >= 0.3 is 12.0 Å². The molecule has 2 rings (SSSR count). The van der Waals surface area contributed by atoms with Gasteiger partial charge in [0.1, 0.15) is 0 Å². The zero-order valence-electron chi connectivity index (χ0n) is 11.7. The standard InChI is InChI=1S/C15H15N3O3/c1-10-5-6-11(14(19)20)8-13(10)17-15(21)18(2)12-4-3-7-16-9-12/h3-9H,1-2H3,(H,17,21)(H,19,20). The molecular formula is C15H15N3O3. The van der Waals surface area contributed by atoms with E-state index in [0.29, 0.717) is 11.4 Å². The third kappa shape index (κ3) is 3.36. The lowest BCUT2D eigenvalue weighted by Gasteiger charge is -2.18. The van der Waals surface area contributed by atoms with Gasteiger partial charge in [-0.2, -0.15) is 0 Å². The first kappa shape index (κ1) is 14.5. The van der Waals surface area contributed by atoms with Crippen molar-refractivity contribution in [1.29, 1.82) is 0 Å². The molecule has 0 radical (unpaired) electrons. The number of nitrogens with zero attached hydrogens (tertiary/aromatic N) is 2. The Morgan fingerprint density at radius 2 is 2.05 bits per heavy atom. The van der Waals surface area contributed by atoms with E-state index < -0.39 is 5.97 Å². The van der Waals surface area contributed by atoms with E-state index in [1.54, 1.807) is 44.6 Å². The minimum absolute atomic E-state index is 0.125. The molecule has 0 atom stereocenters. The van der Waals surface area contributed by atoms with Crippen molar-refractivity contribution in [2.75, 3.05) is 17.3 Å². The normalized spacial score (nSPS) is 10.0. The first-order valence-corrected chi connectivity index (χ1v) is 6.27. The van der Waals surface area contributed by atoms with Gasteiger partial charge in [0, 0.05) is 18.9 Å². The Hall–Kier alpha value is -2.89. The highest BCUT2D eigenvalue weighted by molar-refractivity contribution is 6.02. The van der Waals surface area contributed by atoms with Gasteiger partial charge in [-0.3, -0.25) is 9.88 Å². The van der Waals surface area contributed by atoms with Gasteiger partial charge in [-0.1, -0.05) is 6.07 Å². The summed E-state index contributed by atoms with van der Waals surface area (Å²) in [7, 11) is 1.61. The number of aromatic carboxylic acids is 1. The molecule has 6 nitrogen and oxygen atoms in total. The van der Waals surface area contributed by atoms with Crippen LogP contribution in [0.3, 0.4) is 0 Å². The molecule has 0 unspecified atom stereocenters. The summed E-state index contributed by atoms with van der Waals surface area (Å²) < 4.78 is 0. The van der Waals surface area contributed by atoms with E-state index in [0.717, 1.165) is 5.56 Å². The molecule has 2 aromatic rings. The number of carbonyl (C=O) groups excluding carboxylic acids is 1. The molecule has 1 aromatic heterocycles. The van der Waals surface area contributed by atoms with E-state index in [9.17, 15) is 9.59 Å². The lowest BCUT2D eigenvalue weighted by Crippen LogP contribution is -2.31. The zero-order valence-corrected chi connectivity index (χ0v) is 11.7. The smallest absolute Gasteiger partial charge is 0.335 e. The van der Waals surface area contributed by atoms with Crippen molar-refractivity contribution >= 4 is 23.4 Å². The number of urea groups is 1. The molecule has 2 N–H and O–H groups in total. The van der Waals surface area contributed by atoms with Crippen molar-refractivity contribution in [3.63, 3.8) is 0 Å². The highest BCUT2D eigenvalue weighted by atomic mass is 16.4. The number of nitrogens with one attached hydrogen (secondary N) is 1. The highest BCUT2D eigenvalue weighted by Crippen LogP contribution is 2.18. The molecule has 0 aliphatic heterocycles. The summed E-state index contributed by atoms with van der Waals surface area (Å²) >= 11 is 0. The number of carbonyl (C=O) groups is 2. The Bertz CT molecular complexity index is 671. The maximum Gasteiger partial charge on any atom is 0.335 e. The number of benzene rings is 1. The second-order valence-electron chi connectivity index (χ2n) is 4.54. The summed E-state index contributed by atoms with van der Waals surface area (Å²) in [5.41, 5.74) is 2.02. The number of hydrogen-bond acceptors (Lipinski definition) is 3. The summed E-state index contributed by atoms with van der Waals surface area (Å²) in [5.74, 6) is -1.04. The Morgan fingerprint density at radius 3 is 2.67 bits per heavy atom. The average Bonchev–Trinajstić information content (AvgIpc) is 2.49. The van der Waals surface area contributed by atoms with Gasteiger partial charge in [-0.15, -0.1) is 0 Å². The van der Waals surface area contributed by atoms with E-state index in [2.05, 4.69) is 10.3 Å². The van der Waals surface area contributed by atoms with Crippen LogP contribution in [0.4, 0.5) is 16.2 Å². The van der Waals surface area contributed by atoms with Crippen LogP contribution >= 0.6 is 0 Å². The lowest BCUT2D eigenvalue weighted by atomic mass is 10.1. The number of anilines is 2. The number of rotatable bonds is 3. The van der Waals surface area contributed by atoms with E-state index in [1.165, 1.54) is 17.0 Å². The minimum Gasteiger partial charge on any atom is -0.478 e. The molecule has 1 heterocycles. The van der Waals surface area contributed by atoms with Crippen LogP contribution in [0.15, 0.2) is 42.7 Å². The van der Waals surface area contributed by atoms with Crippen LogP contribution in [0.5, 0.6) is 0 Å². The molecule has 0 saturated heterocycles. The SMILES string of the molecule is Cc1ccc(C(=O)O)cc1NC(=O)N(C)c1cccnc1. The van der Waals surface area contributed by atoms with Gasteiger partial charge in [-0.05, 0) is 36.8 Å². The molecule has 0 aliphatic carbocycles. The summed E-state index contributed by atoms with van der Waals surface area (Å²) in [6.07, 6.45) is 3.19. The van der Waals surface area contributed by atoms with Gasteiger partial charge in [0.15, 0.2) is 0 Å². The van der Waals surface area contributed by atoms with Crippen molar-refractivity contribution in [2.45, 2.75) is 6.92 Å². The third-order valence-corrected chi connectivity index (χ3v) is 3.06. The van der Waals surface area contributed by atoms with E-state index in [4.69, 9.17) is 5.11 Å². The molecule has 0 fully saturated rings. The van der Waals surface area contributed by atoms with Gasteiger partial charge in [0.25, 0.3) is 0 Å². The van der Waals surface area contributed by atoms with Gasteiger partial charge in [0.2, 0.25) is 0 Å². The predicted octanol–water partition coefficient (Wildman–Crippen LogP) is 2.76. The number of carboxylic acids is 1. The maximum atomic E-state index is 12.2. The number of pyridine rings is 1. The number of aromatic nitrogens is 1. The molecule has 0 aliphatic rings. The minimum atomic E-state index is -1.04. The Morgan fingerprint density at radius 1 is 1.29 bits per heavy atom. The van der Waals surface area contributed by atoms with Crippen LogP contribution in [-0.2, 0) is 0 Å². The van der Waals surface area contributed by atoms with Crippen LogP contribution < -0.4 is 10.2 Å². The zero-order chi connectivity index (χ0) is 15.4. The fourth-order valence-corrected chi connectivity index (χ4v) is 1.76. The fourth-order valence-electron chi connectivity index (χ4n) is 1.76. The van der Waals surface area contributed by atoms with Crippen LogP contribution in [0.25, 0.3) is 0 Å². The lowest BCUT2D eigenvalue weighted by molar-refractivity contribution is 0.0697. The van der Waals surface area contributed by atoms with Crippen molar-refractivity contribution in [1.82, 2.24) is 4.98 Å². The number of hydrogen-bond donors (Lipinski definition) is 2. The Labute approximate surface area is 122 Å². The quantitative estimate of drug-likeness (QED) is 0.908. The first-order chi connectivity index (χ1) is 9.99. The number of carboxylic acid groups (broad SMARTS) is 1. The van der Waals surface area contributed by atoms with Crippen molar-refractivity contribution in [3.05, 3.63) is 53.9 Å². The number of aryl methyl sites for hydroxylation is 1. The second kappa shape index (κ2) is 6.04. The van der Waals surface area contributed by atoms with Crippen molar-refractivity contribution in [2.24, 2.45) is 0 Å². The summed E-state index contributed by atoms with van der Waals surface area (Å²) in [4.78, 5) is 28.5. The monoisotopic (exact) mass is 285 g/mol. The molecular weight excluding hydrogens is 270 g/mol. The van der Waals surface area contributed by atoms with Crippen molar-refractivity contribution < 1.29 is 14.7 Å². The molecule has 1 aromatic carbocycles. The Balaban J connectivity index is 2.20. The topological polar surface area (TPSA) is 82.5 Å². The van der Waals surface area contributed by atoms with Gasteiger partial charge < -0.3 is 10.4 Å². The predicted molar refractivity (Wildman–Crippen MR) is 79.8 cm³/mol. The van der Waals surface area contributed by atoms with Crippen LogP contribution in [0.2, 0.25) is 0 Å². The fraction of sp³-hybridized carbons (Fsp3) is 0.133. The van der Waals surface area contributed by atoms with E-state index in [1.807, 2.05) is 0 Å². The average molecular weight is 285 g/mol. The van der Waals surface area contributed by atoms with Crippen molar-refractivity contribution in [3.8, 4) is 0 Å². The van der Waals surface area contributed by atoms with Crippen LogP contribution in [0.1, 0.15) is 15.9 Å². The molecule has 108 valence electrons. The molecule has 0 spiro atoms. The largest absolute Gasteiger partial charge is 0.478 e. The summed E-state index contributed by atoms with van der Waals surface area (Å²) in [6.45, 7) is 1.80. The van der Waals surface area contributed by atoms with E-state index >= 15 is 0 Å². The van der Waals surface area contributed by atoms with Gasteiger partial charge in [-0.25, -0.2) is 9.59 Å². The summed E-state index contributed by atoms with van der Waals surface area (Å²) in [6, 6.07) is 7.71. The van der Waals surface area contributed by atoms with Gasteiger partial charge in [0.05, 0.1) is 17.4 Å². The maximum absolute atomic E-state index is 12.2. The number of amides is 2. The first-order valence-electron chi connectivity index (χ1n) is 6.27.